The summed E-state index contributed by atoms with van der Waals surface area (Å²) in [5.74, 6) is 0.0312. The zero-order chi connectivity index (χ0) is 19.6. The molecule has 0 aliphatic carbocycles. The van der Waals surface area contributed by atoms with Crippen LogP contribution in [0.3, 0.4) is 0 Å². The van der Waals surface area contributed by atoms with E-state index in [0.29, 0.717) is 38.4 Å². The second-order valence-electron chi connectivity index (χ2n) is 6.96. The van der Waals surface area contributed by atoms with Gasteiger partial charge in [-0.15, -0.1) is 5.10 Å². The van der Waals surface area contributed by atoms with Gasteiger partial charge in [0.15, 0.2) is 0 Å². The van der Waals surface area contributed by atoms with Crippen molar-refractivity contribution < 1.29 is 9.53 Å². The molecule has 0 bridgehead atoms. The van der Waals surface area contributed by atoms with Crippen LogP contribution in [0.25, 0.3) is 17.3 Å². The van der Waals surface area contributed by atoms with E-state index in [1.807, 2.05) is 53.6 Å². The number of nitrogens with one attached hydrogen (secondary N) is 1. The SMILES string of the molecule is O=C(c1ccc(-n2cc(C3=Cc4ncccc4NC3)nn2)cc1)N1CCOCC1. The van der Waals surface area contributed by atoms with Gasteiger partial charge in [-0.2, -0.15) is 0 Å². The summed E-state index contributed by atoms with van der Waals surface area (Å²) < 4.78 is 7.02. The Kier molecular flexibility index (Phi) is 4.53. The number of benzene rings is 1. The van der Waals surface area contributed by atoms with E-state index in [2.05, 4.69) is 20.6 Å². The summed E-state index contributed by atoms with van der Waals surface area (Å²) in [7, 11) is 0. The number of anilines is 1. The second kappa shape index (κ2) is 7.48. The maximum Gasteiger partial charge on any atom is 0.254 e. The number of ether oxygens (including phenoxy) is 1. The lowest BCUT2D eigenvalue weighted by molar-refractivity contribution is 0.0303. The standard InChI is InChI=1S/C21H20N6O2/c28-21(26-8-10-29-11-9-26)15-3-5-17(6-4-15)27-14-20(24-25-27)16-12-19-18(23-13-16)2-1-7-22-19/h1-7,12,14,23H,8-11,13H2. The maximum absolute atomic E-state index is 12.6. The molecule has 29 heavy (non-hydrogen) atoms. The first-order chi connectivity index (χ1) is 14.3. The van der Waals surface area contributed by atoms with Crippen LogP contribution in [-0.2, 0) is 4.74 Å². The van der Waals surface area contributed by atoms with Crippen molar-refractivity contribution >= 4 is 23.2 Å². The highest BCUT2D eigenvalue weighted by Crippen LogP contribution is 2.26. The topological polar surface area (TPSA) is 85.2 Å². The van der Waals surface area contributed by atoms with E-state index in [4.69, 9.17) is 4.74 Å². The van der Waals surface area contributed by atoms with E-state index in [1.54, 1.807) is 10.9 Å². The van der Waals surface area contributed by atoms with E-state index in [-0.39, 0.29) is 5.91 Å². The first-order valence-corrected chi connectivity index (χ1v) is 9.57. The molecule has 2 aliphatic rings. The van der Waals surface area contributed by atoms with Crippen molar-refractivity contribution in [3.63, 3.8) is 0 Å². The number of nitrogens with zero attached hydrogens (tertiary/aromatic N) is 5. The molecular formula is C21H20N6O2. The fourth-order valence-electron chi connectivity index (χ4n) is 3.50. The molecule has 0 spiro atoms. The maximum atomic E-state index is 12.6. The fraction of sp³-hybridized carbons (Fsp3) is 0.238. The van der Waals surface area contributed by atoms with E-state index >= 15 is 0 Å². The highest BCUT2D eigenvalue weighted by atomic mass is 16.5. The van der Waals surface area contributed by atoms with Gasteiger partial charge < -0.3 is 15.0 Å². The van der Waals surface area contributed by atoms with Crippen LogP contribution in [0.4, 0.5) is 5.69 Å². The molecule has 0 atom stereocenters. The van der Waals surface area contributed by atoms with Gasteiger partial charge in [-0.3, -0.25) is 9.78 Å². The Hall–Kier alpha value is -3.52. The minimum atomic E-state index is 0.0312. The van der Waals surface area contributed by atoms with Gasteiger partial charge >= 0.3 is 0 Å². The third-order valence-corrected chi connectivity index (χ3v) is 5.12. The van der Waals surface area contributed by atoms with Crippen LogP contribution >= 0.6 is 0 Å². The van der Waals surface area contributed by atoms with Crippen LogP contribution < -0.4 is 5.32 Å². The highest BCUT2D eigenvalue weighted by Gasteiger charge is 2.19. The van der Waals surface area contributed by atoms with Crippen LogP contribution in [-0.4, -0.2) is 63.6 Å². The summed E-state index contributed by atoms with van der Waals surface area (Å²) in [6.07, 6.45) is 5.70. The summed E-state index contributed by atoms with van der Waals surface area (Å²) in [5, 5.41) is 11.9. The lowest BCUT2D eigenvalue weighted by atomic mass is 10.1. The number of rotatable bonds is 3. The minimum absolute atomic E-state index is 0.0312. The number of hydrogen-bond donors (Lipinski definition) is 1. The normalized spacial score (nSPS) is 16.0. The Bertz CT molecular complexity index is 1070. The summed E-state index contributed by atoms with van der Waals surface area (Å²) in [5.41, 5.74) is 5.25. The van der Waals surface area contributed by atoms with Crippen LogP contribution in [0.2, 0.25) is 0 Å². The first-order valence-electron chi connectivity index (χ1n) is 9.57. The van der Waals surface area contributed by atoms with Crippen molar-refractivity contribution in [3.8, 4) is 5.69 Å². The molecule has 0 radical (unpaired) electrons. The number of hydrogen-bond acceptors (Lipinski definition) is 6. The largest absolute Gasteiger partial charge is 0.379 e. The lowest BCUT2D eigenvalue weighted by Crippen LogP contribution is -2.40. The van der Waals surface area contributed by atoms with E-state index in [1.165, 1.54) is 0 Å². The monoisotopic (exact) mass is 388 g/mol. The fourth-order valence-corrected chi connectivity index (χ4v) is 3.50. The Labute approximate surface area is 167 Å². The molecule has 2 aliphatic heterocycles. The van der Waals surface area contributed by atoms with Crippen molar-refractivity contribution in [2.75, 3.05) is 38.2 Å². The molecule has 8 nitrogen and oxygen atoms in total. The summed E-state index contributed by atoms with van der Waals surface area (Å²) >= 11 is 0. The van der Waals surface area contributed by atoms with Gasteiger partial charge in [-0.1, -0.05) is 5.21 Å². The molecule has 146 valence electrons. The molecule has 4 heterocycles. The van der Waals surface area contributed by atoms with Crippen LogP contribution in [0.5, 0.6) is 0 Å². The lowest BCUT2D eigenvalue weighted by Gasteiger charge is -2.26. The highest BCUT2D eigenvalue weighted by molar-refractivity contribution is 5.94. The number of aromatic nitrogens is 4. The van der Waals surface area contributed by atoms with Crippen molar-refractivity contribution in [1.82, 2.24) is 24.9 Å². The Morgan fingerprint density at radius 3 is 2.76 bits per heavy atom. The van der Waals surface area contributed by atoms with Crippen molar-refractivity contribution in [2.24, 2.45) is 0 Å². The molecular weight excluding hydrogens is 368 g/mol. The molecule has 0 unspecified atom stereocenters. The molecule has 1 fully saturated rings. The van der Waals surface area contributed by atoms with E-state index in [0.717, 1.165) is 28.3 Å². The number of morpholine rings is 1. The average Bonchev–Trinajstić information content (AvgIpc) is 3.29. The summed E-state index contributed by atoms with van der Waals surface area (Å²) in [4.78, 5) is 18.8. The first kappa shape index (κ1) is 17.6. The number of pyridine rings is 1. The molecule has 0 saturated carbocycles. The van der Waals surface area contributed by atoms with E-state index in [9.17, 15) is 4.79 Å². The predicted molar refractivity (Wildman–Crippen MR) is 109 cm³/mol. The number of carbonyl (C=O) groups is 1. The van der Waals surface area contributed by atoms with Crippen molar-refractivity contribution in [2.45, 2.75) is 0 Å². The molecule has 1 saturated heterocycles. The average molecular weight is 388 g/mol. The predicted octanol–water partition coefficient (Wildman–Crippen LogP) is 2.10. The molecule has 1 amide bonds. The molecule has 5 rings (SSSR count). The van der Waals surface area contributed by atoms with Gasteiger partial charge in [0.1, 0.15) is 5.69 Å². The van der Waals surface area contributed by atoms with Gasteiger partial charge in [0.05, 0.1) is 36.5 Å². The van der Waals surface area contributed by atoms with Crippen molar-refractivity contribution in [3.05, 3.63) is 65.7 Å². The second-order valence-corrected chi connectivity index (χ2v) is 6.96. The smallest absolute Gasteiger partial charge is 0.254 e. The van der Waals surface area contributed by atoms with Crippen LogP contribution in [0, 0.1) is 0 Å². The Balaban J connectivity index is 1.34. The molecule has 8 heteroatoms. The van der Waals surface area contributed by atoms with Gasteiger partial charge in [0.2, 0.25) is 0 Å². The zero-order valence-electron chi connectivity index (χ0n) is 15.8. The number of carbonyl (C=O) groups excluding carboxylic acids is 1. The minimum Gasteiger partial charge on any atom is -0.379 e. The molecule has 3 aromatic rings. The van der Waals surface area contributed by atoms with Crippen molar-refractivity contribution in [1.29, 1.82) is 0 Å². The molecule has 1 N–H and O–H groups in total. The summed E-state index contributed by atoms with van der Waals surface area (Å²) in [6.45, 7) is 3.12. The number of fused-ring (bicyclic) bond motifs is 1. The summed E-state index contributed by atoms with van der Waals surface area (Å²) in [6, 6.07) is 11.3. The number of amides is 1. The van der Waals surface area contributed by atoms with Gasteiger partial charge in [-0.25, -0.2) is 4.68 Å². The van der Waals surface area contributed by atoms with Crippen LogP contribution in [0.1, 0.15) is 21.7 Å². The van der Waals surface area contributed by atoms with E-state index < -0.39 is 0 Å². The Morgan fingerprint density at radius 1 is 1.10 bits per heavy atom. The van der Waals surface area contributed by atoms with Gasteiger partial charge in [0.25, 0.3) is 5.91 Å². The third-order valence-electron chi connectivity index (χ3n) is 5.12. The quantitative estimate of drug-likeness (QED) is 0.740. The van der Waals surface area contributed by atoms with Crippen LogP contribution in [0.15, 0.2) is 48.8 Å². The molecule has 2 aromatic heterocycles. The molecule has 1 aromatic carbocycles. The third kappa shape index (κ3) is 3.50. The van der Waals surface area contributed by atoms with Gasteiger partial charge in [0, 0.05) is 37.0 Å². The zero-order valence-corrected chi connectivity index (χ0v) is 15.8. The Morgan fingerprint density at radius 2 is 1.93 bits per heavy atom. The van der Waals surface area contributed by atoms with Gasteiger partial charge in [-0.05, 0) is 42.5 Å².